The molecule has 0 aromatic rings. The van der Waals surface area contributed by atoms with Gasteiger partial charge in [0.1, 0.15) is 0 Å². The summed E-state index contributed by atoms with van der Waals surface area (Å²) in [6, 6.07) is 0. The molecule has 1 aliphatic rings. The predicted octanol–water partition coefficient (Wildman–Crippen LogP) is 3.15. The Labute approximate surface area is 65.0 Å². The second kappa shape index (κ2) is 3.33. The molecule has 0 fully saturated rings. The Hall–Kier alpha value is 0.120. The Morgan fingerprint density at radius 2 is 2.22 bits per heavy atom. The molecule has 0 saturated carbocycles. The molecule has 0 spiro atoms. The zero-order valence-corrected chi connectivity index (χ0v) is 6.93. The van der Waals surface area contributed by atoms with Gasteiger partial charge in [-0.2, -0.15) is 0 Å². The minimum Gasteiger partial charge on any atom is -0.134 e. The van der Waals surface area contributed by atoms with Crippen LogP contribution in [0.1, 0.15) is 12.8 Å². The molecule has 9 heavy (non-hydrogen) atoms. The van der Waals surface area contributed by atoms with Gasteiger partial charge in [0.15, 0.2) is 0 Å². The van der Waals surface area contributed by atoms with Crippen LogP contribution in [0.5, 0.6) is 0 Å². The Kier molecular flexibility index (Phi) is 2.67. The number of hydrogen-bond donors (Lipinski definition) is 0. The van der Waals surface area contributed by atoms with Gasteiger partial charge in [-0.25, -0.2) is 0 Å². The lowest BCUT2D eigenvalue weighted by Gasteiger charge is -2.06. The largest absolute Gasteiger partial charge is 0.134 e. The predicted molar refractivity (Wildman–Crippen MR) is 44.8 cm³/mol. The third-order valence-electron chi connectivity index (χ3n) is 1.32. The van der Waals surface area contributed by atoms with Crippen LogP contribution in [0.3, 0.4) is 0 Å². The van der Waals surface area contributed by atoms with Gasteiger partial charge in [0.25, 0.3) is 0 Å². The van der Waals surface area contributed by atoms with Gasteiger partial charge in [-0.05, 0) is 30.1 Å². The number of halogens is 1. The third-order valence-corrected chi connectivity index (χ3v) is 2.50. The maximum atomic E-state index is 5.75. The standard InChI is InChI=1S/C7H9ClS/c1-9-7-4-2-6(8)3-5-7/h2,4H,3,5H2,1H3. The van der Waals surface area contributed by atoms with Crippen molar-refractivity contribution in [1.82, 2.24) is 0 Å². The average Bonchev–Trinajstić information content (AvgIpc) is 1.90. The highest BCUT2D eigenvalue weighted by Crippen LogP contribution is 2.26. The first-order valence-electron chi connectivity index (χ1n) is 2.92. The quantitative estimate of drug-likeness (QED) is 0.568. The molecular weight excluding hydrogens is 152 g/mol. The van der Waals surface area contributed by atoms with Crippen molar-refractivity contribution >= 4 is 23.4 Å². The van der Waals surface area contributed by atoms with E-state index < -0.39 is 0 Å². The lowest BCUT2D eigenvalue weighted by molar-refractivity contribution is 1.00. The Morgan fingerprint density at radius 3 is 2.67 bits per heavy atom. The zero-order valence-electron chi connectivity index (χ0n) is 5.36. The monoisotopic (exact) mass is 160 g/mol. The molecule has 0 saturated heterocycles. The van der Waals surface area contributed by atoms with Crippen molar-refractivity contribution in [2.75, 3.05) is 6.26 Å². The van der Waals surface area contributed by atoms with Crippen molar-refractivity contribution in [2.45, 2.75) is 12.8 Å². The normalized spacial score (nSPS) is 18.9. The molecule has 2 heteroatoms. The van der Waals surface area contributed by atoms with Crippen LogP contribution in [0.4, 0.5) is 0 Å². The highest BCUT2D eigenvalue weighted by Gasteiger charge is 2.01. The maximum absolute atomic E-state index is 5.75. The van der Waals surface area contributed by atoms with E-state index in [1.165, 1.54) is 4.91 Å². The van der Waals surface area contributed by atoms with Gasteiger partial charge in [0.05, 0.1) is 0 Å². The summed E-state index contributed by atoms with van der Waals surface area (Å²) in [5, 5.41) is 0.979. The molecule has 0 unspecified atom stereocenters. The first-order valence-corrected chi connectivity index (χ1v) is 4.52. The topological polar surface area (TPSA) is 0 Å². The van der Waals surface area contributed by atoms with Crippen molar-refractivity contribution in [2.24, 2.45) is 0 Å². The highest BCUT2D eigenvalue weighted by atomic mass is 35.5. The van der Waals surface area contributed by atoms with E-state index in [9.17, 15) is 0 Å². The van der Waals surface area contributed by atoms with E-state index in [4.69, 9.17) is 11.6 Å². The van der Waals surface area contributed by atoms with Gasteiger partial charge in [-0.15, -0.1) is 11.8 Å². The molecule has 0 N–H and O–H groups in total. The first kappa shape index (κ1) is 7.23. The minimum atomic E-state index is 0.979. The Bertz CT molecular complexity index is 158. The van der Waals surface area contributed by atoms with Crippen molar-refractivity contribution in [1.29, 1.82) is 0 Å². The van der Waals surface area contributed by atoms with Crippen LogP contribution in [-0.2, 0) is 0 Å². The van der Waals surface area contributed by atoms with E-state index in [-0.39, 0.29) is 0 Å². The number of hydrogen-bond acceptors (Lipinski definition) is 1. The van der Waals surface area contributed by atoms with E-state index in [2.05, 4.69) is 12.3 Å². The van der Waals surface area contributed by atoms with Crippen LogP contribution in [0, 0.1) is 0 Å². The molecular formula is C7H9ClS. The molecule has 0 amide bonds. The number of allylic oxidation sites excluding steroid dienone is 4. The van der Waals surface area contributed by atoms with E-state index in [0.717, 1.165) is 17.9 Å². The lowest BCUT2D eigenvalue weighted by atomic mass is 10.2. The summed E-state index contributed by atoms with van der Waals surface area (Å²) < 4.78 is 0. The smallest absolute Gasteiger partial charge is 0.0184 e. The summed E-state index contributed by atoms with van der Waals surface area (Å²) in [5.41, 5.74) is 0. The van der Waals surface area contributed by atoms with Crippen LogP contribution in [0.2, 0.25) is 0 Å². The van der Waals surface area contributed by atoms with E-state index in [0.29, 0.717) is 0 Å². The first-order chi connectivity index (χ1) is 4.33. The molecule has 50 valence electrons. The van der Waals surface area contributed by atoms with Crippen molar-refractivity contribution < 1.29 is 0 Å². The molecule has 1 rings (SSSR count). The van der Waals surface area contributed by atoms with Crippen molar-refractivity contribution in [3.8, 4) is 0 Å². The van der Waals surface area contributed by atoms with Crippen LogP contribution in [0.15, 0.2) is 22.1 Å². The Balaban J connectivity index is 2.59. The highest BCUT2D eigenvalue weighted by molar-refractivity contribution is 8.02. The summed E-state index contributed by atoms with van der Waals surface area (Å²) in [4.78, 5) is 1.43. The second-order valence-electron chi connectivity index (χ2n) is 1.95. The fourth-order valence-corrected chi connectivity index (χ4v) is 1.43. The van der Waals surface area contributed by atoms with Gasteiger partial charge in [-0.3, -0.25) is 0 Å². The zero-order chi connectivity index (χ0) is 6.69. The summed E-state index contributed by atoms with van der Waals surface area (Å²) in [7, 11) is 0. The molecule has 0 atom stereocenters. The van der Waals surface area contributed by atoms with Gasteiger partial charge in [0, 0.05) is 5.03 Å². The maximum Gasteiger partial charge on any atom is 0.0184 e. The summed E-state index contributed by atoms with van der Waals surface area (Å²) in [6.45, 7) is 0. The van der Waals surface area contributed by atoms with Crippen LogP contribution < -0.4 is 0 Å². The van der Waals surface area contributed by atoms with Gasteiger partial charge >= 0.3 is 0 Å². The van der Waals surface area contributed by atoms with E-state index >= 15 is 0 Å². The molecule has 0 nitrogen and oxygen atoms in total. The van der Waals surface area contributed by atoms with Crippen LogP contribution in [-0.4, -0.2) is 6.26 Å². The molecule has 0 heterocycles. The summed E-state index contributed by atoms with van der Waals surface area (Å²) >= 11 is 7.55. The molecule has 1 aliphatic carbocycles. The summed E-state index contributed by atoms with van der Waals surface area (Å²) in [5.74, 6) is 0. The Morgan fingerprint density at radius 1 is 1.44 bits per heavy atom. The minimum absolute atomic E-state index is 0.979. The lowest BCUT2D eigenvalue weighted by Crippen LogP contribution is -1.84. The SMILES string of the molecule is CSC1=CC=C(Cl)CC1. The van der Waals surface area contributed by atoms with Crippen molar-refractivity contribution in [3.63, 3.8) is 0 Å². The van der Waals surface area contributed by atoms with Crippen LogP contribution >= 0.6 is 23.4 Å². The number of thioether (sulfide) groups is 1. The van der Waals surface area contributed by atoms with E-state index in [1.807, 2.05) is 6.08 Å². The molecule has 0 aromatic carbocycles. The third kappa shape index (κ3) is 2.07. The second-order valence-corrected chi connectivity index (χ2v) is 3.37. The van der Waals surface area contributed by atoms with Gasteiger partial charge in [0.2, 0.25) is 0 Å². The average molecular weight is 161 g/mol. The van der Waals surface area contributed by atoms with E-state index in [1.54, 1.807) is 11.8 Å². The summed E-state index contributed by atoms with van der Waals surface area (Å²) in [6.07, 6.45) is 8.32. The number of rotatable bonds is 1. The molecule has 0 bridgehead atoms. The van der Waals surface area contributed by atoms with Crippen LogP contribution in [0.25, 0.3) is 0 Å². The van der Waals surface area contributed by atoms with Gasteiger partial charge in [-0.1, -0.05) is 17.7 Å². The fourth-order valence-electron chi connectivity index (χ4n) is 0.763. The molecule has 0 aliphatic heterocycles. The molecule has 0 radical (unpaired) electrons. The van der Waals surface area contributed by atoms with Crippen molar-refractivity contribution in [3.05, 3.63) is 22.1 Å². The fraction of sp³-hybridized carbons (Fsp3) is 0.429. The molecule has 0 aromatic heterocycles. The van der Waals surface area contributed by atoms with Gasteiger partial charge < -0.3 is 0 Å².